The van der Waals surface area contributed by atoms with Gasteiger partial charge >= 0.3 is 0 Å². The van der Waals surface area contributed by atoms with E-state index in [1.165, 1.54) is 0 Å². The summed E-state index contributed by atoms with van der Waals surface area (Å²) in [5, 5.41) is 4.02. The fourth-order valence-corrected chi connectivity index (χ4v) is 3.67. The molecule has 4 N–H and O–H groups in total. The molecule has 0 atom stereocenters. The number of hydrogen-bond donors (Lipinski definition) is 3. The number of para-hydroxylation sites is 1. The van der Waals surface area contributed by atoms with Gasteiger partial charge in [0.15, 0.2) is 0 Å². The Balaban J connectivity index is 1.59. The summed E-state index contributed by atoms with van der Waals surface area (Å²) in [7, 11) is 0. The minimum absolute atomic E-state index is 0.123. The van der Waals surface area contributed by atoms with Crippen molar-refractivity contribution in [3.05, 3.63) is 59.8 Å². The third-order valence-electron chi connectivity index (χ3n) is 5.03. The molecule has 0 unspecified atom stereocenters. The van der Waals surface area contributed by atoms with Gasteiger partial charge < -0.3 is 20.9 Å². The van der Waals surface area contributed by atoms with Gasteiger partial charge in [-0.3, -0.25) is 9.59 Å². The number of nitrogens with one attached hydrogen (secondary N) is 2. The molecule has 6 heteroatoms. The average Bonchev–Trinajstić information content (AvgIpc) is 3.32. The largest absolute Gasteiger partial charge is 0.370 e. The van der Waals surface area contributed by atoms with Crippen LogP contribution < -0.4 is 16.0 Å². The quantitative estimate of drug-likeness (QED) is 0.651. The van der Waals surface area contributed by atoms with Gasteiger partial charge in [0.1, 0.15) is 0 Å². The Morgan fingerprint density at radius 2 is 1.89 bits per heavy atom. The first-order valence-electron chi connectivity index (χ1n) is 9.15. The van der Waals surface area contributed by atoms with E-state index in [2.05, 4.69) is 15.2 Å². The molecule has 2 amide bonds. The number of amides is 2. The molecule has 6 nitrogen and oxygen atoms in total. The number of carbonyl (C=O) groups excluding carboxylic acids is 2. The van der Waals surface area contributed by atoms with Gasteiger partial charge in [-0.1, -0.05) is 18.2 Å². The molecule has 1 saturated heterocycles. The lowest BCUT2D eigenvalue weighted by atomic mass is 10.1. The van der Waals surface area contributed by atoms with E-state index in [9.17, 15) is 9.59 Å². The summed E-state index contributed by atoms with van der Waals surface area (Å²) in [5.74, 6) is -0.628. The highest BCUT2D eigenvalue weighted by Gasteiger charge is 2.19. The van der Waals surface area contributed by atoms with Gasteiger partial charge in [0.25, 0.3) is 0 Å². The molecular weight excluding hydrogens is 340 g/mol. The van der Waals surface area contributed by atoms with Crippen LogP contribution >= 0.6 is 0 Å². The minimum Gasteiger partial charge on any atom is -0.370 e. The van der Waals surface area contributed by atoms with Crippen molar-refractivity contribution in [2.45, 2.75) is 19.3 Å². The Hall–Kier alpha value is -3.28. The summed E-state index contributed by atoms with van der Waals surface area (Å²) in [6.45, 7) is 1.89. The highest BCUT2D eigenvalue weighted by Crippen LogP contribution is 2.30. The lowest BCUT2D eigenvalue weighted by Gasteiger charge is -2.22. The highest BCUT2D eigenvalue weighted by molar-refractivity contribution is 6.01. The third kappa shape index (κ3) is 3.51. The summed E-state index contributed by atoms with van der Waals surface area (Å²) >= 11 is 0. The minimum atomic E-state index is -0.505. The molecule has 1 aliphatic heterocycles. The molecule has 0 saturated carbocycles. The molecule has 0 radical (unpaired) electrons. The zero-order valence-corrected chi connectivity index (χ0v) is 15.0. The second-order valence-corrected chi connectivity index (χ2v) is 6.87. The number of H-pyrrole nitrogens is 1. The van der Waals surface area contributed by atoms with Crippen molar-refractivity contribution in [1.82, 2.24) is 4.98 Å². The fourth-order valence-electron chi connectivity index (χ4n) is 3.67. The molecule has 4 rings (SSSR count). The Morgan fingerprint density at radius 3 is 2.67 bits per heavy atom. The molecular formula is C21H22N4O2. The lowest BCUT2D eigenvalue weighted by molar-refractivity contribution is -0.115. The number of rotatable bonds is 5. The number of hydrogen-bond acceptors (Lipinski definition) is 3. The smallest absolute Gasteiger partial charge is 0.248 e. The zero-order valence-electron chi connectivity index (χ0n) is 15.0. The second kappa shape index (κ2) is 7.15. The van der Waals surface area contributed by atoms with Gasteiger partial charge in [0.05, 0.1) is 17.8 Å². The van der Waals surface area contributed by atoms with E-state index in [4.69, 9.17) is 5.73 Å². The second-order valence-electron chi connectivity index (χ2n) is 6.87. The maximum absolute atomic E-state index is 12.7. The van der Waals surface area contributed by atoms with Crippen LogP contribution in [-0.2, 0) is 11.2 Å². The highest BCUT2D eigenvalue weighted by atomic mass is 16.2. The van der Waals surface area contributed by atoms with Crippen LogP contribution in [0.1, 0.15) is 28.8 Å². The van der Waals surface area contributed by atoms with E-state index in [0.29, 0.717) is 11.3 Å². The van der Waals surface area contributed by atoms with Gasteiger partial charge in [0, 0.05) is 35.8 Å². The number of fused-ring (bicyclic) bond motifs is 1. The molecule has 3 aromatic rings. The van der Waals surface area contributed by atoms with Crippen molar-refractivity contribution in [2.75, 3.05) is 23.3 Å². The van der Waals surface area contributed by atoms with E-state index in [1.54, 1.807) is 12.1 Å². The predicted octanol–water partition coefficient (Wildman–Crippen LogP) is 3.05. The number of nitrogens with two attached hydrogens (primary N) is 1. The Bertz CT molecular complexity index is 1000. The van der Waals surface area contributed by atoms with Crippen LogP contribution in [0.3, 0.4) is 0 Å². The van der Waals surface area contributed by atoms with Crippen LogP contribution in [-0.4, -0.2) is 29.9 Å². The Labute approximate surface area is 157 Å². The van der Waals surface area contributed by atoms with Crippen LogP contribution in [0.2, 0.25) is 0 Å². The van der Waals surface area contributed by atoms with Crippen molar-refractivity contribution in [3.63, 3.8) is 0 Å². The molecule has 27 heavy (non-hydrogen) atoms. The first-order valence-corrected chi connectivity index (χ1v) is 9.15. The predicted molar refractivity (Wildman–Crippen MR) is 107 cm³/mol. The maximum Gasteiger partial charge on any atom is 0.248 e. The van der Waals surface area contributed by atoms with Crippen molar-refractivity contribution < 1.29 is 9.59 Å². The van der Waals surface area contributed by atoms with Crippen molar-refractivity contribution in [3.8, 4) is 0 Å². The summed E-state index contributed by atoms with van der Waals surface area (Å²) in [4.78, 5) is 29.7. The van der Waals surface area contributed by atoms with Crippen LogP contribution in [0.15, 0.2) is 48.7 Å². The molecule has 2 aromatic carbocycles. The number of aromatic amines is 1. The number of benzene rings is 2. The topological polar surface area (TPSA) is 91.2 Å². The summed E-state index contributed by atoms with van der Waals surface area (Å²) in [5.41, 5.74) is 9.33. The monoisotopic (exact) mass is 362 g/mol. The van der Waals surface area contributed by atoms with Crippen molar-refractivity contribution in [1.29, 1.82) is 0 Å². The SMILES string of the molecule is NC(=O)c1ccc(N2CCCC2)c(NC(=O)Cc2c[nH]c3ccccc23)c1. The van der Waals surface area contributed by atoms with Crippen LogP contribution in [0.5, 0.6) is 0 Å². The molecule has 0 bridgehead atoms. The standard InChI is InChI=1S/C21H22N4O2/c22-21(27)14-7-8-19(25-9-3-4-10-25)18(11-14)24-20(26)12-15-13-23-17-6-2-1-5-16(15)17/h1-2,5-8,11,13,23H,3-4,9-10,12H2,(H2,22,27)(H,24,26). The lowest BCUT2D eigenvalue weighted by Crippen LogP contribution is -2.22. The number of primary amides is 1. The average molecular weight is 362 g/mol. The van der Waals surface area contributed by atoms with Crippen molar-refractivity contribution in [2.24, 2.45) is 5.73 Å². The molecule has 138 valence electrons. The summed E-state index contributed by atoms with van der Waals surface area (Å²) < 4.78 is 0. The van der Waals surface area contributed by atoms with Gasteiger partial charge in [-0.2, -0.15) is 0 Å². The van der Waals surface area contributed by atoms with E-state index in [1.807, 2.05) is 36.5 Å². The Morgan fingerprint density at radius 1 is 1.11 bits per heavy atom. The van der Waals surface area contributed by atoms with Crippen molar-refractivity contribution >= 4 is 34.1 Å². The molecule has 1 aliphatic rings. The number of nitrogens with zero attached hydrogens (tertiary/aromatic N) is 1. The molecule has 0 aliphatic carbocycles. The number of aromatic nitrogens is 1. The molecule has 1 aromatic heterocycles. The summed E-state index contributed by atoms with van der Waals surface area (Å²) in [6, 6.07) is 13.2. The van der Waals surface area contributed by atoms with Gasteiger partial charge in [-0.05, 0) is 42.7 Å². The normalized spacial score (nSPS) is 13.9. The third-order valence-corrected chi connectivity index (χ3v) is 5.03. The number of carbonyl (C=O) groups is 2. The summed E-state index contributed by atoms with van der Waals surface area (Å²) in [6.07, 6.45) is 4.37. The van der Waals surface area contributed by atoms with E-state index in [-0.39, 0.29) is 12.3 Å². The first kappa shape index (κ1) is 17.1. The van der Waals surface area contributed by atoms with E-state index >= 15 is 0 Å². The van der Waals surface area contributed by atoms with Crippen LogP contribution in [0.25, 0.3) is 10.9 Å². The first-order chi connectivity index (χ1) is 13.1. The van der Waals surface area contributed by atoms with Crippen LogP contribution in [0.4, 0.5) is 11.4 Å². The molecule has 0 spiro atoms. The molecule has 1 fully saturated rings. The molecule has 2 heterocycles. The van der Waals surface area contributed by atoms with Gasteiger partial charge in [-0.15, -0.1) is 0 Å². The fraction of sp³-hybridized carbons (Fsp3) is 0.238. The Kier molecular flexibility index (Phi) is 4.54. The maximum atomic E-state index is 12.7. The van der Waals surface area contributed by atoms with Gasteiger partial charge in [-0.25, -0.2) is 0 Å². The number of anilines is 2. The van der Waals surface area contributed by atoms with E-state index in [0.717, 1.165) is 48.1 Å². The zero-order chi connectivity index (χ0) is 18.8. The van der Waals surface area contributed by atoms with E-state index < -0.39 is 5.91 Å². The van der Waals surface area contributed by atoms with Gasteiger partial charge in [0.2, 0.25) is 11.8 Å². The van der Waals surface area contributed by atoms with Crippen LogP contribution in [0, 0.1) is 0 Å².